The number of carbonyl (C=O) groups is 2. The van der Waals surface area contributed by atoms with Gasteiger partial charge in [0.15, 0.2) is 0 Å². The first kappa shape index (κ1) is 21.1. The van der Waals surface area contributed by atoms with Gasteiger partial charge in [-0.05, 0) is 37.1 Å². The van der Waals surface area contributed by atoms with Crippen LogP contribution in [0.1, 0.15) is 24.1 Å². The third-order valence-corrected chi connectivity index (χ3v) is 5.42. The van der Waals surface area contributed by atoms with E-state index in [1.54, 1.807) is 17.9 Å². The Kier molecular flexibility index (Phi) is 7.12. The quantitative estimate of drug-likeness (QED) is 0.798. The minimum absolute atomic E-state index is 0.124. The van der Waals surface area contributed by atoms with Crippen LogP contribution in [0, 0.1) is 6.92 Å². The van der Waals surface area contributed by atoms with Crippen LogP contribution in [0.5, 0.6) is 0 Å². The number of anilines is 1. The first-order chi connectivity index (χ1) is 14.0. The summed E-state index contributed by atoms with van der Waals surface area (Å²) in [4.78, 5) is 29.0. The van der Waals surface area contributed by atoms with Gasteiger partial charge in [0.25, 0.3) is 0 Å². The smallest absolute Gasteiger partial charge is 0.409 e. The molecule has 0 aromatic heterocycles. The molecule has 1 heterocycles. The molecule has 2 aromatic carbocycles. The predicted octanol–water partition coefficient (Wildman–Crippen LogP) is 4.10. The Bertz CT molecular complexity index is 852. The van der Waals surface area contributed by atoms with Crippen LogP contribution < -0.4 is 5.32 Å². The average Bonchev–Trinajstić information content (AvgIpc) is 2.72. The highest BCUT2D eigenvalue weighted by Gasteiger charge is 2.32. The molecule has 3 rings (SSSR count). The monoisotopic (exact) mass is 415 g/mol. The Morgan fingerprint density at radius 1 is 1.10 bits per heavy atom. The molecule has 0 saturated carbocycles. The van der Waals surface area contributed by atoms with E-state index in [4.69, 9.17) is 16.3 Å². The van der Waals surface area contributed by atoms with Crippen LogP contribution in [-0.4, -0.2) is 54.6 Å². The Hall–Kier alpha value is -2.57. The first-order valence-electron chi connectivity index (χ1n) is 9.77. The summed E-state index contributed by atoms with van der Waals surface area (Å²) in [5.74, 6) is -0.124. The molecule has 6 nitrogen and oxygen atoms in total. The number of hydrogen-bond acceptors (Lipinski definition) is 4. The highest BCUT2D eigenvalue weighted by atomic mass is 35.5. The normalized spacial score (nSPS) is 15.6. The van der Waals surface area contributed by atoms with Gasteiger partial charge in [-0.1, -0.05) is 48.0 Å². The SMILES string of the molecule is CCOC(=O)N1CCN([C@@H](C(=O)Nc2ccc(C)c(Cl)c2)c2ccccc2)CC1. The maximum atomic E-state index is 13.2. The molecule has 0 bridgehead atoms. The van der Waals surface area contributed by atoms with Gasteiger partial charge in [-0.25, -0.2) is 4.79 Å². The number of ether oxygens (including phenoxy) is 1. The number of nitrogens with zero attached hydrogens (tertiary/aromatic N) is 2. The zero-order valence-corrected chi connectivity index (χ0v) is 17.5. The van der Waals surface area contributed by atoms with E-state index < -0.39 is 6.04 Å². The Morgan fingerprint density at radius 3 is 2.41 bits per heavy atom. The van der Waals surface area contributed by atoms with Crippen molar-refractivity contribution >= 4 is 29.3 Å². The molecule has 1 atom stereocenters. The Balaban J connectivity index is 1.76. The van der Waals surface area contributed by atoms with Crippen molar-refractivity contribution in [1.29, 1.82) is 0 Å². The van der Waals surface area contributed by atoms with Gasteiger partial charge in [0.05, 0.1) is 6.61 Å². The lowest BCUT2D eigenvalue weighted by Crippen LogP contribution is -2.51. The second-order valence-corrected chi connectivity index (χ2v) is 7.40. The van der Waals surface area contributed by atoms with Crippen LogP contribution in [-0.2, 0) is 9.53 Å². The van der Waals surface area contributed by atoms with Gasteiger partial charge in [0.1, 0.15) is 6.04 Å². The minimum atomic E-state index is -0.458. The van der Waals surface area contributed by atoms with E-state index in [-0.39, 0.29) is 12.0 Å². The topological polar surface area (TPSA) is 61.9 Å². The molecule has 0 aliphatic carbocycles. The zero-order chi connectivity index (χ0) is 20.8. The molecule has 29 heavy (non-hydrogen) atoms. The molecule has 2 amide bonds. The van der Waals surface area contributed by atoms with Gasteiger partial charge in [-0.2, -0.15) is 0 Å². The average molecular weight is 416 g/mol. The van der Waals surface area contributed by atoms with Crippen molar-refractivity contribution in [3.05, 3.63) is 64.7 Å². The van der Waals surface area contributed by atoms with E-state index in [0.717, 1.165) is 11.1 Å². The number of carbonyl (C=O) groups excluding carboxylic acids is 2. The van der Waals surface area contributed by atoms with Crippen molar-refractivity contribution in [2.24, 2.45) is 0 Å². The van der Waals surface area contributed by atoms with Gasteiger partial charge in [0, 0.05) is 36.9 Å². The van der Waals surface area contributed by atoms with Crippen molar-refractivity contribution in [3.8, 4) is 0 Å². The number of hydrogen-bond donors (Lipinski definition) is 1. The summed E-state index contributed by atoms with van der Waals surface area (Å²) in [6.07, 6.45) is -0.304. The molecular weight excluding hydrogens is 390 g/mol. The van der Waals surface area contributed by atoms with Crippen LogP contribution in [0.15, 0.2) is 48.5 Å². The lowest BCUT2D eigenvalue weighted by atomic mass is 10.0. The van der Waals surface area contributed by atoms with Crippen molar-refractivity contribution < 1.29 is 14.3 Å². The third-order valence-electron chi connectivity index (χ3n) is 5.01. The van der Waals surface area contributed by atoms with Gasteiger partial charge >= 0.3 is 6.09 Å². The van der Waals surface area contributed by atoms with E-state index in [1.807, 2.05) is 49.4 Å². The molecule has 1 fully saturated rings. The highest BCUT2D eigenvalue weighted by Crippen LogP contribution is 2.26. The van der Waals surface area contributed by atoms with Crippen LogP contribution in [0.2, 0.25) is 5.02 Å². The number of piperazine rings is 1. The summed E-state index contributed by atoms with van der Waals surface area (Å²) in [6, 6.07) is 14.7. The molecule has 2 aromatic rings. The van der Waals surface area contributed by atoms with Crippen molar-refractivity contribution in [2.75, 3.05) is 38.1 Å². The molecule has 0 spiro atoms. The van der Waals surface area contributed by atoms with Crippen molar-refractivity contribution in [1.82, 2.24) is 9.80 Å². The molecule has 1 N–H and O–H groups in total. The molecule has 154 valence electrons. The number of rotatable bonds is 5. The van der Waals surface area contributed by atoms with E-state index >= 15 is 0 Å². The van der Waals surface area contributed by atoms with Gasteiger partial charge in [-0.3, -0.25) is 9.69 Å². The maximum absolute atomic E-state index is 13.2. The third kappa shape index (κ3) is 5.28. The first-order valence-corrected chi connectivity index (χ1v) is 10.1. The minimum Gasteiger partial charge on any atom is -0.450 e. The summed E-state index contributed by atoms with van der Waals surface area (Å²) in [5, 5.41) is 3.60. The van der Waals surface area contributed by atoms with Gasteiger partial charge in [0.2, 0.25) is 5.91 Å². The fourth-order valence-corrected chi connectivity index (χ4v) is 3.60. The van der Waals surface area contributed by atoms with Crippen LogP contribution >= 0.6 is 11.6 Å². The summed E-state index contributed by atoms with van der Waals surface area (Å²) in [7, 11) is 0. The van der Waals surface area contributed by atoms with Crippen molar-refractivity contribution in [3.63, 3.8) is 0 Å². The second-order valence-electron chi connectivity index (χ2n) is 6.99. The molecule has 1 aliphatic heterocycles. The number of aryl methyl sites for hydroxylation is 1. The fourth-order valence-electron chi connectivity index (χ4n) is 3.42. The van der Waals surface area contributed by atoms with Crippen LogP contribution in [0.3, 0.4) is 0 Å². The lowest BCUT2D eigenvalue weighted by Gasteiger charge is -2.38. The second kappa shape index (κ2) is 9.76. The molecule has 1 saturated heterocycles. The number of amides is 2. The number of nitrogens with one attached hydrogen (secondary N) is 1. The zero-order valence-electron chi connectivity index (χ0n) is 16.7. The molecule has 1 aliphatic rings. The molecule has 0 radical (unpaired) electrons. The Morgan fingerprint density at radius 2 is 1.79 bits per heavy atom. The van der Waals surface area contributed by atoms with E-state index in [1.165, 1.54) is 0 Å². The summed E-state index contributed by atoms with van der Waals surface area (Å²) >= 11 is 6.20. The molecule has 0 unspecified atom stereocenters. The van der Waals surface area contributed by atoms with E-state index in [2.05, 4.69) is 10.2 Å². The number of benzene rings is 2. The highest BCUT2D eigenvalue weighted by molar-refractivity contribution is 6.31. The van der Waals surface area contributed by atoms with E-state index in [9.17, 15) is 9.59 Å². The summed E-state index contributed by atoms with van der Waals surface area (Å²) < 4.78 is 5.09. The molecular formula is C22H26ClN3O3. The van der Waals surface area contributed by atoms with Crippen molar-refractivity contribution in [2.45, 2.75) is 19.9 Å². The van der Waals surface area contributed by atoms with Crippen LogP contribution in [0.25, 0.3) is 0 Å². The predicted molar refractivity (Wildman–Crippen MR) is 114 cm³/mol. The standard InChI is InChI=1S/C22H26ClN3O3/c1-3-29-22(28)26-13-11-25(12-14-26)20(17-7-5-4-6-8-17)21(27)24-18-10-9-16(2)19(23)15-18/h4-10,15,20H,3,11-14H2,1-2H3,(H,24,27)/t20-/m1/s1. The van der Waals surface area contributed by atoms with Gasteiger partial charge in [-0.15, -0.1) is 0 Å². The Labute approximate surface area is 176 Å². The van der Waals surface area contributed by atoms with E-state index in [0.29, 0.717) is 43.5 Å². The largest absolute Gasteiger partial charge is 0.450 e. The summed E-state index contributed by atoms with van der Waals surface area (Å²) in [5.41, 5.74) is 2.53. The number of halogens is 1. The van der Waals surface area contributed by atoms with Crippen LogP contribution in [0.4, 0.5) is 10.5 Å². The fraction of sp³-hybridized carbons (Fsp3) is 0.364. The maximum Gasteiger partial charge on any atom is 0.409 e. The molecule has 7 heteroatoms. The lowest BCUT2D eigenvalue weighted by molar-refractivity contribution is -0.122. The summed E-state index contributed by atoms with van der Waals surface area (Å²) in [6.45, 7) is 6.27. The van der Waals surface area contributed by atoms with Gasteiger partial charge < -0.3 is 15.0 Å².